The van der Waals surface area contributed by atoms with Crippen LogP contribution in [0.15, 0.2) is 0 Å². The molecule has 0 aliphatic heterocycles. The quantitative estimate of drug-likeness (QED) is 0.807. The number of nitrogens with zero attached hydrogens (tertiary/aromatic N) is 2. The summed E-state index contributed by atoms with van der Waals surface area (Å²) in [5.41, 5.74) is 0. The minimum Gasteiger partial charge on any atom is -0.466 e. The SMILES string of the molecule is CCCNCc1nnc(OC2CCC(C)CC2)s1. The zero-order chi connectivity index (χ0) is 12.8. The van der Waals surface area contributed by atoms with Gasteiger partial charge in [-0.25, -0.2) is 0 Å². The lowest BCUT2D eigenvalue weighted by Gasteiger charge is -2.25. The molecular formula is C13H23N3OS. The van der Waals surface area contributed by atoms with Gasteiger partial charge in [-0.05, 0) is 44.6 Å². The molecule has 1 N–H and O–H groups in total. The molecular weight excluding hydrogens is 246 g/mol. The molecule has 1 fully saturated rings. The third-order valence-corrected chi connectivity index (χ3v) is 4.20. The predicted octanol–water partition coefficient (Wildman–Crippen LogP) is 3.00. The van der Waals surface area contributed by atoms with Gasteiger partial charge in [-0.1, -0.05) is 30.3 Å². The average molecular weight is 269 g/mol. The second-order valence-electron chi connectivity index (χ2n) is 5.14. The number of nitrogens with one attached hydrogen (secondary N) is 1. The standard InChI is InChI=1S/C13H23N3OS/c1-3-8-14-9-12-15-16-13(18-12)17-11-6-4-10(2)5-7-11/h10-11,14H,3-9H2,1-2H3. The highest BCUT2D eigenvalue weighted by Crippen LogP contribution is 2.28. The summed E-state index contributed by atoms with van der Waals surface area (Å²) in [5.74, 6) is 0.855. The summed E-state index contributed by atoms with van der Waals surface area (Å²) in [6.45, 7) is 6.30. The topological polar surface area (TPSA) is 47.0 Å². The van der Waals surface area contributed by atoms with E-state index in [9.17, 15) is 0 Å². The van der Waals surface area contributed by atoms with E-state index in [1.165, 1.54) is 12.8 Å². The fourth-order valence-electron chi connectivity index (χ4n) is 2.22. The van der Waals surface area contributed by atoms with Crippen LogP contribution in [-0.2, 0) is 6.54 Å². The molecule has 2 rings (SSSR count). The highest BCUT2D eigenvalue weighted by molar-refractivity contribution is 7.13. The van der Waals surface area contributed by atoms with E-state index in [1.807, 2.05) is 0 Å². The zero-order valence-corrected chi connectivity index (χ0v) is 12.1. The summed E-state index contributed by atoms with van der Waals surface area (Å²) in [6, 6.07) is 0. The Morgan fingerprint density at radius 2 is 2.06 bits per heavy atom. The number of hydrogen-bond donors (Lipinski definition) is 1. The van der Waals surface area contributed by atoms with Crippen molar-refractivity contribution >= 4 is 11.3 Å². The van der Waals surface area contributed by atoms with Crippen LogP contribution in [0.5, 0.6) is 5.19 Å². The van der Waals surface area contributed by atoms with Gasteiger partial charge in [0.15, 0.2) is 0 Å². The average Bonchev–Trinajstić information content (AvgIpc) is 2.80. The van der Waals surface area contributed by atoms with Gasteiger partial charge in [0.25, 0.3) is 5.19 Å². The van der Waals surface area contributed by atoms with Gasteiger partial charge in [0, 0.05) is 6.54 Å². The van der Waals surface area contributed by atoms with Crippen molar-refractivity contribution in [2.45, 2.75) is 58.6 Å². The number of aromatic nitrogens is 2. The van der Waals surface area contributed by atoms with Crippen molar-refractivity contribution in [1.29, 1.82) is 0 Å². The van der Waals surface area contributed by atoms with Gasteiger partial charge >= 0.3 is 0 Å². The van der Waals surface area contributed by atoms with E-state index in [2.05, 4.69) is 29.4 Å². The molecule has 18 heavy (non-hydrogen) atoms. The Kier molecular flexibility index (Phi) is 5.38. The monoisotopic (exact) mass is 269 g/mol. The second kappa shape index (κ2) is 7.04. The Hall–Kier alpha value is -0.680. The number of rotatable bonds is 6. The van der Waals surface area contributed by atoms with Crippen molar-refractivity contribution in [3.05, 3.63) is 5.01 Å². The third kappa shape index (κ3) is 4.21. The Labute approximate surface area is 113 Å². The maximum Gasteiger partial charge on any atom is 0.294 e. The van der Waals surface area contributed by atoms with Crippen LogP contribution in [0, 0.1) is 5.92 Å². The fourth-order valence-corrected chi connectivity index (χ4v) is 2.94. The minimum atomic E-state index is 0.352. The molecule has 0 spiro atoms. The van der Waals surface area contributed by atoms with E-state index < -0.39 is 0 Å². The molecule has 1 heterocycles. The van der Waals surface area contributed by atoms with Gasteiger partial charge in [0.2, 0.25) is 0 Å². The molecule has 0 unspecified atom stereocenters. The summed E-state index contributed by atoms with van der Waals surface area (Å²) in [4.78, 5) is 0. The van der Waals surface area contributed by atoms with Crippen LogP contribution in [-0.4, -0.2) is 22.8 Å². The molecule has 102 valence electrons. The summed E-state index contributed by atoms with van der Waals surface area (Å²) in [6.07, 6.45) is 6.35. The summed E-state index contributed by atoms with van der Waals surface area (Å²) >= 11 is 1.57. The molecule has 0 aromatic carbocycles. The highest BCUT2D eigenvalue weighted by Gasteiger charge is 2.20. The summed E-state index contributed by atoms with van der Waals surface area (Å²) in [7, 11) is 0. The second-order valence-corrected chi connectivity index (χ2v) is 6.16. The maximum absolute atomic E-state index is 5.91. The lowest BCUT2D eigenvalue weighted by Crippen LogP contribution is -2.22. The summed E-state index contributed by atoms with van der Waals surface area (Å²) < 4.78 is 5.91. The van der Waals surface area contributed by atoms with E-state index in [1.54, 1.807) is 11.3 Å². The molecule has 1 aromatic heterocycles. The number of hydrogen-bond acceptors (Lipinski definition) is 5. The van der Waals surface area contributed by atoms with Crippen molar-refractivity contribution in [3.8, 4) is 5.19 Å². The maximum atomic E-state index is 5.91. The van der Waals surface area contributed by atoms with Gasteiger partial charge in [0.1, 0.15) is 11.1 Å². The fraction of sp³-hybridized carbons (Fsp3) is 0.846. The summed E-state index contributed by atoms with van der Waals surface area (Å²) in [5, 5.41) is 13.3. The first-order valence-electron chi connectivity index (χ1n) is 6.97. The van der Waals surface area contributed by atoms with Crippen LogP contribution in [0.25, 0.3) is 0 Å². The Balaban J connectivity index is 1.76. The smallest absolute Gasteiger partial charge is 0.294 e. The van der Waals surface area contributed by atoms with Gasteiger partial charge in [-0.15, -0.1) is 5.10 Å². The third-order valence-electron chi connectivity index (χ3n) is 3.38. The molecule has 1 aromatic rings. The van der Waals surface area contributed by atoms with E-state index in [0.29, 0.717) is 6.10 Å². The van der Waals surface area contributed by atoms with Gasteiger partial charge < -0.3 is 10.1 Å². The largest absolute Gasteiger partial charge is 0.466 e. The van der Waals surface area contributed by atoms with Crippen LogP contribution >= 0.6 is 11.3 Å². The molecule has 0 bridgehead atoms. The van der Waals surface area contributed by atoms with Crippen molar-refractivity contribution < 1.29 is 4.74 Å². The molecule has 0 radical (unpaired) electrons. The van der Waals surface area contributed by atoms with E-state index in [0.717, 1.165) is 48.5 Å². The molecule has 0 saturated heterocycles. The van der Waals surface area contributed by atoms with Crippen LogP contribution in [0.2, 0.25) is 0 Å². The lowest BCUT2D eigenvalue weighted by atomic mass is 9.89. The van der Waals surface area contributed by atoms with Crippen LogP contribution in [0.3, 0.4) is 0 Å². The first-order chi connectivity index (χ1) is 8.78. The molecule has 4 nitrogen and oxygen atoms in total. The van der Waals surface area contributed by atoms with Crippen molar-refractivity contribution in [1.82, 2.24) is 15.5 Å². The van der Waals surface area contributed by atoms with Gasteiger partial charge in [-0.2, -0.15) is 0 Å². The Morgan fingerprint density at radius 3 is 2.78 bits per heavy atom. The zero-order valence-electron chi connectivity index (χ0n) is 11.3. The Morgan fingerprint density at radius 1 is 1.28 bits per heavy atom. The normalized spacial score (nSPS) is 24.1. The van der Waals surface area contributed by atoms with E-state index in [-0.39, 0.29) is 0 Å². The van der Waals surface area contributed by atoms with Gasteiger partial charge in [0.05, 0.1) is 0 Å². The predicted molar refractivity (Wildman–Crippen MR) is 74.0 cm³/mol. The first kappa shape index (κ1) is 13.7. The Bertz CT molecular complexity index is 348. The van der Waals surface area contributed by atoms with E-state index in [4.69, 9.17) is 4.74 Å². The van der Waals surface area contributed by atoms with Crippen molar-refractivity contribution in [2.24, 2.45) is 5.92 Å². The molecule has 1 aliphatic carbocycles. The van der Waals surface area contributed by atoms with E-state index >= 15 is 0 Å². The van der Waals surface area contributed by atoms with Gasteiger partial charge in [-0.3, -0.25) is 0 Å². The van der Waals surface area contributed by atoms with Crippen molar-refractivity contribution in [2.75, 3.05) is 6.54 Å². The molecule has 5 heteroatoms. The first-order valence-corrected chi connectivity index (χ1v) is 7.79. The lowest BCUT2D eigenvalue weighted by molar-refractivity contribution is 0.134. The molecule has 0 atom stereocenters. The van der Waals surface area contributed by atoms with Crippen LogP contribution < -0.4 is 10.1 Å². The highest BCUT2D eigenvalue weighted by atomic mass is 32.1. The number of ether oxygens (including phenoxy) is 1. The molecule has 1 aliphatic rings. The molecule has 0 amide bonds. The minimum absolute atomic E-state index is 0.352. The van der Waals surface area contributed by atoms with Crippen molar-refractivity contribution in [3.63, 3.8) is 0 Å². The molecule has 1 saturated carbocycles. The van der Waals surface area contributed by atoms with Crippen LogP contribution in [0.4, 0.5) is 0 Å². The van der Waals surface area contributed by atoms with Crippen LogP contribution in [0.1, 0.15) is 51.0 Å².